The molecule has 0 spiro atoms. The molecular formula is C10H12ClN3O2. The Labute approximate surface area is 98.5 Å². The van der Waals surface area contributed by atoms with E-state index in [0.717, 1.165) is 5.57 Å². The van der Waals surface area contributed by atoms with E-state index in [0.29, 0.717) is 5.88 Å². The summed E-state index contributed by atoms with van der Waals surface area (Å²) < 4.78 is 4.90. The zero-order valence-electron chi connectivity index (χ0n) is 9.24. The molecule has 1 N–H and O–H groups in total. The summed E-state index contributed by atoms with van der Waals surface area (Å²) in [6.45, 7) is 3.64. The molecular weight excluding hydrogens is 230 g/mol. The van der Waals surface area contributed by atoms with Gasteiger partial charge in [-0.1, -0.05) is 17.2 Å². The summed E-state index contributed by atoms with van der Waals surface area (Å²) in [4.78, 5) is 19.1. The van der Waals surface area contributed by atoms with Crippen LogP contribution < -0.4 is 10.1 Å². The Morgan fingerprint density at radius 1 is 1.50 bits per heavy atom. The van der Waals surface area contributed by atoms with Crippen LogP contribution in [0.5, 0.6) is 5.88 Å². The minimum absolute atomic E-state index is 0.117. The molecule has 16 heavy (non-hydrogen) atoms. The Morgan fingerprint density at radius 2 is 2.19 bits per heavy atom. The van der Waals surface area contributed by atoms with Crippen molar-refractivity contribution in [3.8, 4) is 5.88 Å². The number of amides is 1. The van der Waals surface area contributed by atoms with Crippen LogP contribution in [0.2, 0.25) is 5.15 Å². The number of carbonyl (C=O) groups is 1. The van der Waals surface area contributed by atoms with E-state index in [2.05, 4.69) is 15.3 Å². The number of hydrogen-bond donors (Lipinski definition) is 1. The van der Waals surface area contributed by atoms with Crippen LogP contribution in [-0.2, 0) is 4.79 Å². The molecule has 0 saturated heterocycles. The summed E-state index contributed by atoms with van der Waals surface area (Å²) in [6, 6.07) is 1.46. The molecule has 0 aliphatic heterocycles. The molecule has 0 atom stereocenters. The minimum atomic E-state index is -0.302. The van der Waals surface area contributed by atoms with Crippen LogP contribution in [0.4, 0.5) is 5.95 Å². The van der Waals surface area contributed by atoms with Crippen LogP contribution in [0.25, 0.3) is 0 Å². The van der Waals surface area contributed by atoms with Crippen molar-refractivity contribution in [2.24, 2.45) is 0 Å². The third-order valence-corrected chi connectivity index (χ3v) is 1.73. The van der Waals surface area contributed by atoms with Gasteiger partial charge < -0.3 is 4.74 Å². The monoisotopic (exact) mass is 241 g/mol. The molecule has 0 saturated carbocycles. The topological polar surface area (TPSA) is 64.1 Å². The van der Waals surface area contributed by atoms with Crippen LogP contribution in [-0.4, -0.2) is 23.0 Å². The molecule has 1 rings (SSSR count). The highest BCUT2D eigenvalue weighted by molar-refractivity contribution is 6.29. The molecule has 0 fully saturated rings. The second-order valence-corrected chi connectivity index (χ2v) is 3.65. The number of methoxy groups -OCH3 is 1. The fraction of sp³-hybridized carbons (Fsp3) is 0.300. The summed E-state index contributed by atoms with van der Waals surface area (Å²) in [6.07, 6.45) is 1.44. The Balaban J connectivity index is 2.85. The number of rotatable bonds is 3. The van der Waals surface area contributed by atoms with Crippen molar-refractivity contribution in [3.63, 3.8) is 0 Å². The van der Waals surface area contributed by atoms with E-state index < -0.39 is 0 Å². The summed E-state index contributed by atoms with van der Waals surface area (Å²) in [7, 11) is 1.46. The van der Waals surface area contributed by atoms with E-state index in [4.69, 9.17) is 16.3 Å². The number of nitrogens with zero attached hydrogens (tertiary/aromatic N) is 2. The average Bonchev–Trinajstić information content (AvgIpc) is 2.14. The fourth-order valence-corrected chi connectivity index (χ4v) is 1.14. The predicted molar refractivity (Wildman–Crippen MR) is 61.7 cm³/mol. The number of halogens is 1. The first-order valence-corrected chi connectivity index (χ1v) is 4.93. The molecule has 1 amide bonds. The van der Waals surface area contributed by atoms with E-state index in [9.17, 15) is 4.79 Å². The second-order valence-electron chi connectivity index (χ2n) is 3.27. The standard InChI is InChI=1S/C10H12ClN3O2/c1-6(2)4-8(15)13-10-12-7(11)5-9(14-10)16-3/h4-5H,1-3H3,(H,12,13,14,15). The Hall–Kier alpha value is -1.62. The lowest BCUT2D eigenvalue weighted by molar-refractivity contribution is -0.112. The third-order valence-electron chi connectivity index (χ3n) is 1.54. The van der Waals surface area contributed by atoms with Gasteiger partial charge in [-0.25, -0.2) is 4.98 Å². The maximum atomic E-state index is 11.4. The van der Waals surface area contributed by atoms with Gasteiger partial charge in [0.25, 0.3) is 5.91 Å². The van der Waals surface area contributed by atoms with E-state index in [1.54, 1.807) is 0 Å². The molecule has 1 heterocycles. The second kappa shape index (κ2) is 5.46. The summed E-state index contributed by atoms with van der Waals surface area (Å²) in [5, 5.41) is 2.69. The fourth-order valence-electron chi connectivity index (χ4n) is 0.966. The van der Waals surface area contributed by atoms with Gasteiger partial charge in [0.2, 0.25) is 11.8 Å². The van der Waals surface area contributed by atoms with Crippen molar-refractivity contribution in [3.05, 3.63) is 22.9 Å². The number of ether oxygens (including phenoxy) is 1. The number of anilines is 1. The van der Waals surface area contributed by atoms with Crippen LogP contribution in [0.15, 0.2) is 17.7 Å². The van der Waals surface area contributed by atoms with Crippen molar-refractivity contribution in [1.82, 2.24) is 9.97 Å². The largest absolute Gasteiger partial charge is 0.481 e. The molecule has 0 unspecified atom stereocenters. The number of allylic oxidation sites excluding steroid dienone is 1. The molecule has 0 aliphatic rings. The SMILES string of the molecule is COc1cc(Cl)nc(NC(=O)C=C(C)C)n1. The lowest BCUT2D eigenvalue weighted by Gasteiger charge is -2.03. The first kappa shape index (κ1) is 12.4. The maximum Gasteiger partial charge on any atom is 0.250 e. The smallest absolute Gasteiger partial charge is 0.250 e. The van der Waals surface area contributed by atoms with Gasteiger partial charge in [0.1, 0.15) is 5.15 Å². The van der Waals surface area contributed by atoms with Gasteiger partial charge in [-0.15, -0.1) is 0 Å². The molecule has 0 aromatic carbocycles. The Morgan fingerprint density at radius 3 is 2.75 bits per heavy atom. The van der Waals surface area contributed by atoms with E-state index in [1.807, 2.05) is 13.8 Å². The van der Waals surface area contributed by atoms with Gasteiger partial charge in [-0.05, 0) is 13.8 Å². The number of hydrogen-bond acceptors (Lipinski definition) is 4. The number of carbonyl (C=O) groups excluding carboxylic acids is 1. The van der Waals surface area contributed by atoms with Crippen LogP contribution in [0.1, 0.15) is 13.8 Å². The molecule has 0 aliphatic carbocycles. The van der Waals surface area contributed by atoms with Crippen molar-refractivity contribution in [1.29, 1.82) is 0 Å². The van der Waals surface area contributed by atoms with E-state index >= 15 is 0 Å². The number of nitrogens with one attached hydrogen (secondary N) is 1. The molecule has 1 aromatic rings. The van der Waals surface area contributed by atoms with Crippen LogP contribution >= 0.6 is 11.6 Å². The van der Waals surface area contributed by atoms with Crippen molar-refractivity contribution in [2.75, 3.05) is 12.4 Å². The first-order chi connectivity index (χ1) is 7.51. The average molecular weight is 242 g/mol. The summed E-state index contributed by atoms with van der Waals surface area (Å²) in [5.74, 6) is 0.115. The van der Waals surface area contributed by atoms with Gasteiger partial charge in [-0.3, -0.25) is 10.1 Å². The lowest BCUT2D eigenvalue weighted by atomic mass is 10.3. The van der Waals surface area contributed by atoms with Crippen molar-refractivity contribution < 1.29 is 9.53 Å². The van der Waals surface area contributed by atoms with E-state index in [-0.39, 0.29) is 17.0 Å². The Bertz CT molecular complexity index is 428. The van der Waals surface area contributed by atoms with Gasteiger partial charge >= 0.3 is 0 Å². The zero-order valence-corrected chi connectivity index (χ0v) is 10.00. The normalized spacial score (nSPS) is 9.50. The number of aromatic nitrogens is 2. The van der Waals surface area contributed by atoms with Gasteiger partial charge in [0.15, 0.2) is 0 Å². The first-order valence-electron chi connectivity index (χ1n) is 4.55. The summed E-state index contributed by atoms with van der Waals surface area (Å²) >= 11 is 5.72. The Kier molecular flexibility index (Phi) is 4.25. The summed E-state index contributed by atoms with van der Waals surface area (Å²) in [5.41, 5.74) is 0.881. The molecule has 5 nitrogen and oxygen atoms in total. The van der Waals surface area contributed by atoms with Gasteiger partial charge in [0.05, 0.1) is 7.11 Å². The quantitative estimate of drug-likeness (QED) is 0.650. The highest BCUT2D eigenvalue weighted by atomic mass is 35.5. The highest BCUT2D eigenvalue weighted by Gasteiger charge is 2.05. The molecule has 0 radical (unpaired) electrons. The molecule has 1 aromatic heterocycles. The maximum absolute atomic E-state index is 11.4. The van der Waals surface area contributed by atoms with Crippen molar-refractivity contribution >= 4 is 23.5 Å². The zero-order chi connectivity index (χ0) is 12.1. The minimum Gasteiger partial charge on any atom is -0.481 e. The molecule has 0 bridgehead atoms. The highest BCUT2D eigenvalue weighted by Crippen LogP contribution is 2.15. The van der Waals surface area contributed by atoms with Crippen LogP contribution in [0.3, 0.4) is 0 Å². The van der Waals surface area contributed by atoms with Crippen molar-refractivity contribution in [2.45, 2.75) is 13.8 Å². The lowest BCUT2D eigenvalue weighted by Crippen LogP contribution is -2.11. The molecule has 6 heteroatoms. The molecule has 86 valence electrons. The van der Waals surface area contributed by atoms with Crippen LogP contribution in [0, 0.1) is 0 Å². The third kappa shape index (κ3) is 3.86. The van der Waals surface area contributed by atoms with E-state index in [1.165, 1.54) is 19.3 Å². The van der Waals surface area contributed by atoms with Gasteiger partial charge in [0, 0.05) is 12.1 Å². The predicted octanol–water partition coefficient (Wildman–Crippen LogP) is 2.04. The van der Waals surface area contributed by atoms with Gasteiger partial charge in [-0.2, -0.15) is 4.98 Å².